The van der Waals surface area contributed by atoms with E-state index in [4.69, 9.17) is 4.74 Å². The zero-order valence-corrected chi connectivity index (χ0v) is 22.8. The first-order valence-electron chi connectivity index (χ1n) is 12.5. The van der Waals surface area contributed by atoms with Crippen LogP contribution in [0.1, 0.15) is 82.1 Å². The predicted molar refractivity (Wildman–Crippen MR) is 143 cm³/mol. The fraction of sp³-hybridized carbons (Fsp3) is 0.517. The Kier molecular flexibility index (Phi) is 27.3. The van der Waals surface area contributed by atoms with Crippen LogP contribution in [0.5, 0.6) is 5.75 Å². The van der Waals surface area contributed by atoms with Crippen LogP contribution in [0.3, 0.4) is 0 Å². The first-order valence-corrected chi connectivity index (χ1v) is 12.5. The summed E-state index contributed by atoms with van der Waals surface area (Å²) in [5.74, 6) is 0.351. The van der Waals surface area contributed by atoms with Gasteiger partial charge in [0.2, 0.25) is 0 Å². The van der Waals surface area contributed by atoms with Gasteiger partial charge in [0.1, 0.15) is 11.6 Å². The maximum Gasteiger partial charge on any atom is 0.254 e. The average molecular weight is 462 g/mol. The normalized spacial score (nSPS) is 10.6. The highest BCUT2D eigenvalue weighted by atomic mass is 19.1. The van der Waals surface area contributed by atoms with Gasteiger partial charge in [0, 0.05) is 13.1 Å². The van der Waals surface area contributed by atoms with Gasteiger partial charge in [0.05, 0.1) is 12.2 Å². The van der Waals surface area contributed by atoms with Crippen LogP contribution in [0.15, 0.2) is 65.4 Å². The van der Waals surface area contributed by atoms with Crippen molar-refractivity contribution in [3.63, 3.8) is 0 Å². The van der Waals surface area contributed by atoms with E-state index in [0.717, 1.165) is 5.57 Å². The fourth-order valence-corrected chi connectivity index (χ4v) is 2.36. The Morgan fingerprint density at radius 1 is 1.00 bits per heavy atom. The van der Waals surface area contributed by atoms with E-state index in [1.807, 2.05) is 67.5 Å². The molecule has 0 N–H and O–H groups in total. The number of hydrogen-bond acceptors (Lipinski definition) is 2. The second kappa shape index (κ2) is 25.7. The highest BCUT2D eigenvalue weighted by Crippen LogP contribution is 2.14. The Hall–Kier alpha value is -2.58. The van der Waals surface area contributed by atoms with Gasteiger partial charge < -0.3 is 9.64 Å². The van der Waals surface area contributed by atoms with Gasteiger partial charge in [0.25, 0.3) is 5.91 Å². The Balaban J connectivity index is -0.000000882. The number of benzene rings is 1. The summed E-state index contributed by atoms with van der Waals surface area (Å²) in [7, 11) is 0. The van der Waals surface area contributed by atoms with Crippen molar-refractivity contribution in [2.24, 2.45) is 0 Å². The fourth-order valence-electron chi connectivity index (χ4n) is 2.36. The van der Waals surface area contributed by atoms with Gasteiger partial charge in [-0.15, -0.1) is 5.73 Å². The number of halogens is 1. The monoisotopic (exact) mass is 461 g/mol. The standard InChI is InChI=1S/C20H22FNO2.C3H8.3C2H6/c1-3-22(20(23)19-9-6-4-5-8-16(19)2)14-7-15-24-18-12-10-17(21)11-13-18;1-3-2;3*1-2/h4-5,8-13H,3,7,14-15H2,1-2H3;3H2,1-2H3;3*1-2H3. The number of amides is 1. The van der Waals surface area contributed by atoms with E-state index in [9.17, 15) is 9.18 Å². The molecule has 1 aliphatic carbocycles. The summed E-state index contributed by atoms with van der Waals surface area (Å²) < 4.78 is 18.4. The Labute approximate surface area is 203 Å². The topological polar surface area (TPSA) is 29.5 Å². The van der Waals surface area contributed by atoms with Gasteiger partial charge in [-0.25, -0.2) is 4.39 Å². The molecule has 0 aromatic heterocycles. The van der Waals surface area contributed by atoms with Crippen molar-refractivity contribution >= 4 is 5.91 Å². The molecular formula is C29H48FNO2. The number of ether oxygens (including phenoxy) is 1. The average Bonchev–Trinajstić information content (AvgIpc) is 3.08. The third-order valence-corrected chi connectivity index (χ3v) is 3.75. The van der Waals surface area contributed by atoms with Crippen LogP contribution in [0.2, 0.25) is 0 Å². The second-order valence-corrected chi connectivity index (χ2v) is 6.18. The lowest BCUT2D eigenvalue weighted by Gasteiger charge is -2.22. The van der Waals surface area contributed by atoms with E-state index in [1.165, 1.54) is 18.6 Å². The van der Waals surface area contributed by atoms with Crippen molar-refractivity contribution in [2.45, 2.75) is 82.1 Å². The molecule has 188 valence electrons. The highest BCUT2D eigenvalue weighted by Gasteiger charge is 2.16. The van der Waals surface area contributed by atoms with E-state index in [-0.39, 0.29) is 11.7 Å². The molecular weight excluding hydrogens is 413 g/mol. The zero-order chi connectivity index (χ0) is 26.1. The molecule has 0 heterocycles. The third-order valence-electron chi connectivity index (χ3n) is 3.75. The van der Waals surface area contributed by atoms with Gasteiger partial charge in [0.15, 0.2) is 0 Å². The summed E-state index contributed by atoms with van der Waals surface area (Å²) in [4.78, 5) is 14.5. The number of rotatable bonds is 7. The number of likely N-dealkylation sites (N-methyl/N-ethyl adjacent to an activating group) is 1. The van der Waals surface area contributed by atoms with E-state index in [0.29, 0.717) is 37.4 Å². The van der Waals surface area contributed by atoms with Gasteiger partial charge in [-0.2, -0.15) is 0 Å². The molecule has 0 saturated carbocycles. The molecule has 0 saturated heterocycles. The molecule has 2 rings (SSSR count). The molecule has 0 atom stereocenters. The molecule has 0 unspecified atom stereocenters. The molecule has 1 aromatic rings. The Morgan fingerprint density at radius 2 is 1.55 bits per heavy atom. The summed E-state index contributed by atoms with van der Waals surface area (Å²) in [5, 5.41) is 0. The number of carbonyl (C=O) groups is 1. The lowest BCUT2D eigenvalue weighted by molar-refractivity contribution is -0.126. The number of nitrogens with zero attached hydrogens (tertiary/aromatic N) is 1. The molecule has 33 heavy (non-hydrogen) atoms. The molecule has 4 heteroatoms. The molecule has 0 spiro atoms. The first kappa shape index (κ1) is 35.0. The smallest absolute Gasteiger partial charge is 0.254 e. The van der Waals surface area contributed by atoms with Crippen molar-refractivity contribution in [2.75, 3.05) is 19.7 Å². The maximum absolute atomic E-state index is 12.8. The third kappa shape index (κ3) is 16.7. The van der Waals surface area contributed by atoms with Crippen LogP contribution in [0, 0.1) is 5.82 Å². The van der Waals surface area contributed by atoms with Crippen molar-refractivity contribution in [3.8, 4) is 5.75 Å². The molecule has 3 nitrogen and oxygen atoms in total. The van der Waals surface area contributed by atoms with Crippen LogP contribution in [0.4, 0.5) is 4.39 Å². The molecule has 0 radical (unpaired) electrons. The first-order chi connectivity index (χ1) is 16.0. The predicted octanol–water partition coefficient (Wildman–Crippen LogP) is 8.54. The van der Waals surface area contributed by atoms with Gasteiger partial charge in [-0.3, -0.25) is 4.79 Å². The number of allylic oxidation sites excluding steroid dienone is 3. The van der Waals surface area contributed by atoms with Crippen molar-refractivity contribution < 1.29 is 13.9 Å². The second-order valence-electron chi connectivity index (χ2n) is 6.18. The largest absolute Gasteiger partial charge is 0.494 e. The molecule has 1 aliphatic rings. The summed E-state index contributed by atoms with van der Waals surface area (Å²) in [6, 6.07) is 5.93. The summed E-state index contributed by atoms with van der Waals surface area (Å²) >= 11 is 0. The quantitative estimate of drug-likeness (QED) is 0.301. The minimum Gasteiger partial charge on any atom is -0.494 e. The molecule has 1 amide bonds. The Bertz CT molecular complexity index is 712. The zero-order valence-electron chi connectivity index (χ0n) is 22.8. The molecule has 0 fully saturated rings. The van der Waals surface area contributed by atoms with Crippen molar-refractivity contribution in [1.82, 2.24) is 4.90 Å². The lowest BCUT2D eigenvalue weighted by atomic mass is 10.1. The minimum absolute atomic E-state index is 0.00392. The highest BCUT2D eigenvalue weighted by molar-refractivity contribution is 5.97. The summed E-state index contributed by atoms with van der Waals surface area (Å²) in [6.45, 7) is 21.8. The summed E-state index contributed by atoms with van der Waals surface area (Å²) in [6.07, 6.45) is 9.26. The minimum atomic E-state index is -0.284. The number of hydrogen-bond donors (Lipinski definition) is 0. The molecule has 0 bridgehead atoms. The van der Waals surface area contributed by atoms with Crippen LogP contribution in [0.25, 0.3) is 0 Å². The molecule has 1 aromatic carbocycles. The van der Waals surface area contributed by atoms with E-state index >= 15 is 0 Å². The Morgan fingerprint density at radius 3 is 2.06 bits per heavy atom. The van der Waals surface area contributed by atoms with Gasteiger partial charge >= 0.3 is 0 Å². The van der Waals surface area contributed by atoms with Gasteiger partial charge in [-0.1, -0.05) is 74.0 Å². The van der Waals surface area contributed by atoms with Crippen LogP contribution in [-0.4, -0.2) is 30.5 Å². The van der Waals surface area contributed by atoms with Crippen LogP contribution >= 0.6 is 0 Å². The maximum atomic E-state index is 12.8. The van der Waals surface area contributed by atoms with E-state index < -0.39 is 0 Å². The lowest BCUT2D eigenvalue weighted by Crippen LogP contribution is -2.33. The van der Waals surface area contributed by atoms with Crippen LogP contribution in [-0.2, 0) is 4.79 Å². The SMILES string of the molecule is CC.CC.CC.CCC.CCN(CCCOc1ccc(F)cc1)C(=O)C1=C(C)C=CC=C=C1. The molecule has 0 aliphatic heterocycles. The summed E-state index contributed by atoms with van der Waals surface area (Å²) in [5.41, 5.74) is 4.58. The van der Waals surface area contributed by atoms with Crippen molar-refractivity contribution in [1.29, 1.82) is 0 Å². The van der Waals surface area contributed by atoms with Crippen molar-refractivity contribution in [3.05, 3.63) is 71.3 Å². The van der Waals surface area contributed by atoms with Crippen LogP contribution < -0.4 is 4.74 Å². The van der Waals surface area contributed by atoms with E-state index in [1.54, 1.807) is 29.2 Å². The van der Waals surface area contributed by atoms with E-state index in [2.05, 4.69) is 19.6 Å². The number of carbonyl (C=O) groups excluding carboxylic acids is 1. The van der Waals surface area contributed by atoms with Gasteiger partial charge in [-0.05, 0) is 62.3 Å².